The Balaban J connectivity index is 2.15. The van der Waals surface area contributed by atoms with Crippen molar-refractivity contribution in [3.63, 3.8) is 0 Å². The zero-order chi connectivity index (χ0) is 7.40. The summed E-state index contributed by atoms with van der Waals surface area (Å²) in [6.07, 6.45) is 1.22. The highest BCUT2D eigenvalue weighted by Gasteiger charge is 2.19. The van der Waals surface area contributed by atoms with Gasteiger partial charge < -0.3 is 10.4 Å². The number of β-amino-alcohol motifs (C(OH)–C–C–N with tert-alkyl or cyclic N) is 1. The van der Waals surface area contributed by atoms with Crippen LogP contribution in [0.5, 0.6) is 0 Å². The Morgan fingerprint density at radius 1 is 1.70 bits per heavy atom. The molecule has 0 radical (unpaired) electrons. The fourth-order valence-electron chi connectivity index (χ4n) is 1.41. The summed E-state index contributed by atoms with van der Waals surface area (Å²) in [5, 5.41) is 11.9. The van der Waals surface area contributed by atoms with Crippen LogP contribution >= 0.6 is 0 Å². The van der Waals surface area contributed by atoms with Crippen molar-refractivity contribution in [3.05, 3.63) is 0 Å². The first-order valence-corrected chi connectivity index (χ1v) is 3.87. The molecule has 1 unspecified atom stereocenters. The number of aliphatic hydroxyl groups is 1. The van der Waals surface area contributed by atoms with Gasteiger partial charge >= 0.3 is 0 Å². The molecule has 10 heavy (non-hydrogen) atoms. The van der Waals surface area contributed by atoms with E-state index in [1.807, 2.05) is 7.05 Å². The van der Waals surface area contributed by atoms with E-state index < -0.39 is 0 Å². The van der Waals surface area contributed by atoms with Crippen LogP contribution in [0, 0.1) is 0 Å². The highest BCUT2D eigenvalue weighted by Crippen LogP contribution is 2.06. The van der Waals surface area contributed by atoms with Crippen molar-refractivity contribution in [1.29, 1.82) is 0 Å². The molecule has 1 saturated heterocycles. The maximum absolute atomic E-state index is 8.62. The van der Waals surface area contributed by atoms with Gasteiger partial charge in [0.05, 0.1) is 6.61 Å². The third kappa shape index (κ3) is 1.94. The molecule has 3 heteroatoms. The average molecular weight is 144 g/mol. The lowest BCUT2D eigenvalue weighted by molar-refractivity contribution is 0.219. The summed E-state index contributed by atoms with van der Waals surface area (Å²) in [7, 11) is 1.99. The monoisotopic (exact) mass is 144 g/mol. The van der Waals surface area contributed by atoms with Crippen LogP contribution in [0.15, 0.2) is 0 Å². The molecule has 1 aliphatic heterocycles. The van der Waals surface area contributed by atoms with Crippen molar-refractivity contribution in [2.45, 2.75) is 12.5 Å². The molecule has 3 nitrogen and oxygen atoms in total. The summed E-state index contributed by atoms with van der Waals surface area (Å²) in [6.45, 7) is 3.34. The molecule has 2 N–H and O–H groups in total. The topological polar surface area (TPSA) is 35.5 Å². The first kappa shape index (κ1) is 7.98. The van der Waals surface area contributed by atoms with Crippen LogP contribution in [0.4, 0.5) is 0 Å². The molecular weight excluding hydrogens is 128 g/mol. The highest BCUT2D eigenvalue weighted by molar-refractivity contribution is 4.78. The van der Waals surface area contributed by atoms with Crippen LogP contribution in [0.25, 0.3) is 0 Å². The fraction of sp³-hybridized carbons (Fsp3) is 1.00. The van der Waals surface area contributed by atoms with Crippen molar-refractivity contribution in [1.82, 2.24) is 10.2 Å². The average Bonchev–Trinajstić information content (AvgIpc) is 2.37. The minimum atomic E-state index is 0.288. The van der Waals surface area contributed by atoms with Crippen molar-refractivity contribution < 1.29 is 5.11 Å². The zero-order valence-corrected chi connectivity index (χ0v) is 6.51. The number of rotatable bonds is 3. The molecule has 0 aromatic rings. The van der Waals surface area contributed by atoms with E-state index >= 15 is 0 Å². The largest absolute Gasteiger partial charge is 0.395 e. The van der Waals surface area contributed by atoms with E-state index in [2.05, 4.69) is 10.2 Å². The number of nitrogens with one attached hydrogen (secondary N) is 1. The molecule has 60 valence electrons. The molecule has 0 saturated carbocycles. The van der Waals surface area contributed by atoms with E-state index in [-0.39, 0.29) is 6.61 Å². The predicted molar refractivity (Wildman–Crippen MR) is 41.0 cm³/mol. The van der Waals surface area contributed by atoms with Gasteiger partial charge in [-0.05, 0) is 20.0 Å². The predicted octanol–water partition coefficient (Wildman–Crippen LogP) is -0.728. The van der Waals surface area contributed by atoms with Gasteiger partial charge in [0.25, 0.3) is 0 Å². The van der Waals surface area contributed by atoms with E-state index in [9.17, 15) is 0 Å². The lowest BCUT2D eigenvalue weighted by Crippen LogP contribution is -2.30. The van der Waals surface area contributed by atoms with Crippen LogP contribution in [0.3, 0.4) is 0 Å². The standard InChI is InChI=1S/C7H16N2O/c1-8-7-2-3-9(6-7)4-5-10/h7-8,10H,2-6H2,1H3. The molecule has 0 aromatic heterocycles. The second kappa shape index (κ2) is 3.91. The molecule has 0 bridgehead atoms. The summed E-state index contributed by atoms with van der Waals surface area (Å²) >= 11 is 0. The van der Waals surface area contributed by atoms with Gasteiger partial charge in [-0.15, -0.1) is 0 Å². The summed E-state index contributed by atoms with van der Waals surface area (Å²) in [6, 6.07) is 0.645. The first-order valence-electron chi connectivity index (χ1n) is 3.87. The van der Waals surface area contributed by atoms with E-state index in [1.54, 1.807) is 0 Å². The Kier molecular flexibility index (Phi) is 3.12. The second-order valence-electron chi connectivity index (χ2n) is 2.80. The molecule has 0 spiro atoms. The van der Waals surface area contributed by atoms with Crippen LogP contribution in [0.2, 0.25) is 0 Å². The summed E-state index contributed by atoms with van der Waals surface area (Å²) < 4.78 is 0. The maximum atomic E-state index is 8.62. The molecule has 1 heterocycles. The van der Waals surface area contributed by atoms with E-state index in [4.69, 9.17) is 5.11 Å². The molecule has 0 aliphatic carbocycles. The van der Waals surface area contributed by atoms with Gasteiger partial charge in [0.15, 0.2) is 0 Å². The SMILES string of the molecule is CNC1CCN(CCO)C1. The number of likely N-dealkylation sites (tertiary alicyclic amines) is 1. The van der Waals surface area contributed by atoms with Gasteiger partial charge in [-0.1, -0.05) is 0 Å². The van der Waals surface area contributed by atoms with Crippen LogP contribution in [-0.4, -0.2) is 49.3 Å². The quantitative estimate of drug-likeness (QED) is 0.548. The van der Waals surface area contributed by atoms with Gasteiger partial charge in [0.1, 0.15) is 0 Å². The van der Waals surface area contributed by atoms with Crippen LogP contribution in [-0.2, 0) is 0 Å². The van der Waals surface area contributed by atoms with Crippen molar-refractivity contribution in [2.75, 3.05) is 33.3 Å². The molecule has 1 rings (SSSR count). The van der Waals surface area contributed by atoms with Gasteiger partial charge in [-0.2, -0.15) is 0 Å². The normalized spacial score (nSPS) is 27.6. The second-order valence-corrected chi connectivity index (χ2v) is 2.80. The molecule has 0 amide bonds. The van der Waals surface area contributed by atoms with E-state index in [0.717, 1.165) is 19.6 Å². The van der Waals surface area contributed by atoms with Gasteiger partial charge in [-0.3, -0.25) is 4.90 Å². The fourth-order valence-corrected chi connectivity index (χ4v) is 1.41. The number of hydrogen-bond acceptors (Lipinski definition) is 3. The Morgan fingerprint density at radius 2 is 2.50 bits per heavy atom. The summed E-state index contributed by atoms with van der Waals surface area (Å²) in [5.74, 6) is 0. The molecule has 0 aromatic carbocycles. The van der Waals surface area contributed by atoms with Crippen LogP contribution in [0.1, 0.15) is 6.42 Å². The summed E-state index contributed by atoms with van der Waals surface area (Å²) in [5.41, 5.74) is 0. The summed E-state index contributed by atoms with van der Waals surface area (Å²) in [4.78, 5) is 2.28. The smallest absolute Gasteiger partial charge is 0.0558 e. The van der Waals surface area contributed by atoms with Gasteiger partial charge in [0.2, 0.25) is 0 Å². The maximum Gasteiger partial charge on any atom is 0.0558 e. The minimum absolute atomic E-state index is 0.288. The Labute approximate surface area is 62.0 Å². The Bertz CT molecular complexity index is 97.6. The molecule has 1 aliphatic rings. The third-order valence-electron chi connectivity index (χ3n) is 2.10. The van der Waals surface area contributed by atoms with Gasteiger partial charge in [-0.25, -0.2) is 0 Å². The van der Waals surface area contributed by atoms with Crippen molar-refractivity contribution in [3.8, 4) is 0 Å². The number of nitrogens with zero attached hydrogens (tertiary/aromatic N) is 1. The lowest BCUT2D eigenvalue weighted by Gasteiger charge is -2.13. The van der Waals surface area contributed by atoms with Crippen LogP contribution < -0.4 is 5.32 Å². The number of hydrogen-bond donors (Lipinski definition) is 2. The highest BCUT2D eigenvalue weighted by atomic mass is 16.3. The molecule has 1 fully saturated rings. The molecular formula is C7H16N2O. The van der Waals surface area contributed by atoms with Crippen molar-refractivity contribution >= 4 is 0 Å². The molecule has 1 atom stereocenters. The van der Waals surface area contributed by atoms with Crippen molar-refractivity contribution in [2.24, 2.45) is 0 Å². The Hall–Kier alpha value is -0.120. The van der Waals surface area contributed by atoms with E-state index in [0.29, 0.717) is 6.04 Å². The van der Waals surface area contributed by atoms with E-state index in [1.165, 1.54) is 6.42 Å². The zero-order valence-electron chi connectivity index (χ0n) is 6.51. The first-order chi connectivity index (χ1) is 4.86. The third-order valence-corrected chi connectivity index (χ3v) is 2.10. The van der Waals surface area contributed by atoms with Gasteiger partial charge in [0, 0.05) is 19.1 Å². The number of aliphatic hydroxyl groups excluding tert-OH is 1. The lowest BCUT2D eigenvalue weighted by atomic mass is 10.3. The Morgan fingerprint density at radius 3 is 3.00 bits per heavy atom. The minimum Gasteiger partial charge on any atom is -0.395 e. The number of likely N-dealkylation sites (N-methyl/N-ethyl adjacent to an activating group) is 1.